The first-order valence-corrected chi connectivity index (χ1v) is 6.88. The Hall–Kier alpha value is -2.15. The number of allylic oxidation sites excluding steroid dienone is 1. The summed E-state index contributed by atoms with van der Waals surface area (Å²) in [7, 11) is 0. The molecule has 1 aliphatic rings. The van der Waals surface area contributed by atoms with Gasteiger partial charge in [0.05, 0.1) is 16.5 Å². The van der Waals surface area contributed by atoms with E-state index in [1.807, 2.05) is 23.9 Å². The SMILES string of the molecule is C1=CSC(c2[nH]nc3ccc(-c4nn[nH]n4)cc23)C1. The molecular formula is C12H10N6S. The molecule has 7 heteroatoms. The largest absolute Gasteiger partial charge is 0.280 e. The number of fused-ring (bicyclic) bond motifs is 1. The Balaban J connectivity index is 1.85. The molecule has 4 rings (SSSR count). The van der Waals surface area contributed by atoms with Crippen LogP contribution in [0.4, 0.5) is 0 Å². The van der Waals surface area contributed by atoms with Gasteiger partial charge < -0.3 is 0 Å². The highest BCUT2D eigenvalue weighted by Gasteiger charge is 2.19. The number of H-pyrrole nitrogens is 2. The predicted molar refractivity (Wildman–Crippen MR) is 73.4 cm³/mol. The Morgan fingerprint density at radius 2 is 2.26 bits per heavy atom. The van der Waals surface area contributed by atoms with Crippen LogP contribution in [0.25, 0.3) is 22.3 Å². The lowest BCUT2D eigenvalue weighted by Gasteiger charge is -2.06. The molecule has 6 nitrogen and oxygen atoms in total. The molecule has 3 aromatic rings. The van der Waals surface area contributed by atoms with Crippen LogP contribution in [-0.4, -0.2) is 30.8 Å². The lowest BCUT2D eigenvalue weighted by molar-refractivity contribution is 0.881. The molecule has 1 aromatic carbocycles. The summed E-state index contributed by atoms with van der Waals surface area (Å²) >= 11 is 1.82. The van der Waals surface area contributed by atoms with Gasteiger partial charge in [-0.05, 0) is 35.2 Å². The van der Waals surface area contributed by atoms with Gasteiger partial charge >= 0.3 is 0 Å². The fourth-order valence-corrected chi connectivity index (χ4v) is 3.22. The minimum absolute atomic E-state index is 0.422. The topological polar surface area (TPSA) is 83.1 Å². The number of aromatic nitrogens is 6. The van der Waals surface area contributed by atoms with Crippen LogP contribution in [0.2, 0.25) is 0 Å². The third-order valence-corrected chi connectivity index (χ3v) is 4.30. The second kappa shape index (κ2) is 4.20. The monoisotopic (exact) mass is 270 g/mol. The maximum absolute atomic E-state index is 4.36. The molecule has 2 aromatic heterocycles. The van der Waals surface area contributed by atoms with Gasteiger partial charge in [-0.3, -0.25) is 5.10 Å². The van der Waals surface area contributed by atoms with Crippen LogP contribution in [0.15, 0.2) is 29.7 Å². The summed E-state index contributed by atoms with van der Waals surface area (Å²) in [5, 5.41) is 25.3. The molecule has 0 saturated heterocycles. The summed E-state index contributed by atoms with van der Waals surface area (Å²) in [6.45, 7) is 0. The Kier molecular flexibility index (Phi) is 2.37. The van der Waals surface area contributed by atoms with E-state index >= 15 is 0 Å². The fourth-order valence-electron chi connectivity index (χ4n) is 2.27. The Morgan fingerprint density at radius 1 is 1.26 bits per heavy atom. The van der Waals surface area contributed by atoms with Crippen molar-refractivity contribution in [3.8, 4) is 11.4 Å². The minimum atomic E-state index is 0.422. The number of aromatic amines is 2. The molecule has 0 bridgehead atoms. The number of rotatable bonds is 2. The second-order valence-corrected chi connectivity index (χ2v) is 5.45. The first-order valence-electron chi connectivity index (χ1n) is 5.94. The Morgan fingerprint density at radius 3 is 3.05 bits per heavy atom. The summed E-state index contributed by atoms with van der Waals surface area (Å²) in [6, 6.07) is 6.00. The van der Waals surface area contributed by atoms with Crippen LogP contribution in [0.5, 0.6) is 0 Å². The van der Waals surface area contributed by atoms with Crippen LogP contribution in [0.1, 0.15) is 17.4 Å². The van der Waals surface area contributed by atoms with Crippen molar-refractivity contribution in [3.63, 3.8) is 0 Å². The van der Waals surface area contributed by atoms with Crippen molar-refractivity contribution >= 4 is 22.7 Å². The number of hydrogen-bond donors (Lipinski definition) is 2. The van der Waals surface area contributed by atoms with Gasteiger partial charge in [-0.1, -0.05) is 6.08 Å². The van der Waals surface area contributed by atoms with E-state index in [1.54, 1.807) is 0 Å². The Bertz CT molecular complexity index is 737. The Labute approximate surface area is 112 Å². The van der Waals surface area contributed by atoms with Crippen molar-refractivity contribution in [2.24, 2.45) is 0 Å². The first kappa shape index (κ1) is 10.7. The van der Waals surface area contributed by atoms with Crippen molar-refractivity contribution in [2.45, 2.75) is 11.7 Å². The third-order valence-electron chi connectivity index (χ3n) is 3.20. The van der Waals surface area contributed by atoms with Crippen molar-refractivity contribution in [1.29, 1.82) is 0 Å². The zero-order chi connectivity index (χ0) is 12.7. The summed E-state index contributed by atoms with van der Waals surface area (Å²) in [4.78, 5) is 0. The average Bonchev–Trinajstić information content (AvgIpc) is 3.18. The van der Waals surface area contributed by atoms with Crippen LogP contribution in [0.3, 0.4) is 0 Å². The molecule has 0 aliphatic carbocycles. The lowest BCUT2D eigenvalue weighted by Crippen LogP contribution is -1.90. The summed E-state index contributed by atoms with van der Waals surface area (Å²) in [6.07, 6.45) is 3.22. The van der Waals surface area contributed by atoms with E-state index < -0.39 is 0 Å². The molecule has 0 spiro atoms. The zero-order valence-corrected chi connectivity index (χ0v) is 10.7. The smallest absolute Gasteiger partial charge is 0.204 e. The number of benzene rings is 1. The van der Waals surface area contributed by atoms with Gasteiger partial charge in [0.1, 0.15) is 0 Å². The molecule has 0 radical (unpaired) electrons. The van der Waals surface area contributed by atoms with Gasteiger partial charge in [0.2, 0.25) is 5.82 Å². The highest BCUT2D eigenvalue weighted by atomic mass is 32.2. The molecule has 19 heavy (non-hydrogen) atoms. The molecule has 2 N–H and O–H groups in total. The maximum atomic E-state index is 4.36. The number of nitrogens with zero attached hydrogens (tertiary/aromatic N) is 4. The summed E-state index contributed by atoms with van der Waals surface area (Å²) in [5.74, 6) is 0.603. The quantitative estimate of drug-likeness (QED) is 0.747. The second-order valence-electron chi connectivity index (χ2n) is 4.34. The van der Waals surface area contributed by atoms with Crippen LogP contribution in [-0.2, 0) is 0 Å². The van der Waals surface area contributed by atoms with E-state index in [9.17, 15) is 0 Å². The number of nitrogens with one attached hydrogen (secondary N) is 2. The third kappa shape index (κ3) is 1.74. The number of thioether (sulfide) groups is 1. The maximum Gasteiger partial charge on any atom is 0.204 e. The van der Waals surface area contributed by atoms with Gasteiger partial charge in [-0.2, -0.15) is 10.3 Å². The lowest BCUT2D eigenvalue weighted by atomic mass is 10.1. The normalized spacial score (nSPS) is 18.4. The highest BCUT2D eigenvalue weighted by Crippen LogP contribution is 2.40. The van der Waals surface area contributed by atoms with Crippen LogP contribution < -0.4 is 0 Å². The van der Waals surface area contributed by atoms with Crippen molar-refractivity contribution in [2.75, 3.05) is 0 Å². The highest BCUT2D eigenvalue weighted by molar-refractivity contribution is 8.02. The van der Waals surface area contributed by atoms with Gasteiger partial charge in [-0.25, -0.2) is 0 Å². The van der Waals surface area contributed by atoms with E-state index in [4.69, 9.17) is 0 Å². The number of hydrogen-bond acceptors (Lipinski definition) is 5. The molecule has 1 aliphatic heterocycles. The first-order chi connectivity index (χ1) is 9.42. The standard InChI is InChI=1S/C12H10N6S/c1-2-10(19-5-1)11-8-6-7(12-15-17-18-16-12)3-4-9(8)13-14-11/h1,3-6,10H,2H2,(H,13,14)(H,15,16,17,18). The molecule has 1 atom stereocenters. The fraction of sp³-hybridized carbons (Fsp3) is 0.167. The molecular weight excluding hydrogens is 260 g/mol. The number of tetrazole rings is 1. The van der Waals surface area contributed by atoms with E-state index in [-0.39, 0.29) is 0 Å². The van der Waals surface area contributed by atoms with Gasteiger partial charge in [0.15, 0.2) is 0 Å². The minimum Gasteiger partial charge on any atom is -0.280 e. The van der Waals surface area contributed by atoms with Gasteiger partial charge in [0.25, 0.3) is 0 Å². The van der Waals surface area contributed by atoms with Crippen molar-refractivity contribution in [3.05, 3.63) is 35.4 Å². The van der Waals surface area contributed by atoms with Gasteiger partial charge in [0, 0.05) is 10.9 Å². The van der Waals surface area contributed by atoms with E-state index in [0.717, 1.165) is 28.6 Å². The van der Waals surface area contributed by atoms with E-state index in [0.29, 0.717) is 11.1 Å². The van der Waals surface area contributed by atoms with E-state index in [1.165, 1.54) is 0 Å². The van der Waals surface area contributed by atoms with Gasteiger partial charge in [-0.15, -0.1) is 22.0 Å². The van der Waals surface area contributed by atoms with Crippen molar-refractivity contribution < 1.29 is 0 Å². The molecule has 3 heterocycles. The molecule has 0 amide bonds. The van der Waals surface area contributed by atoms with Crippen LogP contribution >= 0.6 is 11.8 Å². The molecule has 0 fully saturated rings. The van der Waals surface area contributed by atoms with E-state index in [2.05, 4.69) is 48.4 Å². The average molecular weight is 270 g/mol. The summed E-state index contributed by atoms with van der Waals surface area (Å²) < 4.78 is 0. The summed E-state index contributed by atoms with van der Waals surface area (Å²) in [5.41, 5.74) is 3.07. The van der Waals surface area contributed by atoms with Crippen LogP contribution in [0, 0.1) is 0 Å². The zero-order valence-electron chi connectivity index (χ0n) is 9.87. The molecule has 1 unspecified atom stereocenters. The molecule has 94 valence electrons. The van der Waals surface area contributed by atoms with Crippen molar-refractivity contribution in [1.82, 2.24) is 30.8 Å². The predicted octanol–water partition coefficient (Wildman–Crippen LogP) is 2.43. The molecule has 0 saturated carbocycles.